The minimum atomic E-state index is -0.298. The standard InChI is InChI=1S/C18H21FN2O2/c1-3-21(13-14-7-6-9-16(19)11-14)18(22)20-12-15-8-4-5-10-17(15)23-2/h4-11H,3,12-13H2,1-2H3,(H,20,22). The summed E-state index contributed by atoms with van der Waals surface area (Å²) in [6.45, 7) is 3.17. The predicted molar refractivity (Wildman–Crippen MR) is 87.7 cm³/mol. The lowest BCUT2D eigenvalue weighted by Gasteiger charge is -2.22. The third-order valence-corrected chi connectivity index (χ3v) is 3.55. The van der Waals surface area contributed by atoms with Crippen molar-refractivity contribution in [2.75, 3.05) is 13.7 Å². The fourth-order valence-electron chi connectivity index (χ4n) is 2.31. The molecule has 0 aliphatic carbocycles. The van der Waals surface area contributed by atoms with Crippen molar-refractivity contribution in [3.05, 3.63) is 65.5 Å². The molecule has 2 aromatic rings. The molecule has 0 aromatic heterocycles. The molecule has 0 heterocycles. The highest BCUT2D eigenvalue weighted by Crippen LogP contribution is 2.17. The quantitative estimate of drug-likeness (QED) is 0.885. The zero-order chi connectivity index (χ0) is 16.7. The Bertz CT molecular complexity index is 661. The molecule has 1 N–H and O–H groups in total. The number of halogens is 1. The summed E-state index contributed by atoms with van der Waals surface area (Å²) in [5.41, 5.74) is 1.67. The van der Waals surface area contributed by atoms with Gasteiger partial charge in [-0.05, 0) is 30.7 Å². The Hall–Kier alpha value is -2.56. The van der Waals surface area contributed by atoms with Gasteiger partial charge in [-0.15, -0.1) is 0 Å². The van der Waals surface area contributed by atoms with Crippen LogP contribution in [0.1, 0.15) is 18.1 Å². The molecule has 0 bridgehead atoms. The molecule has 0 aliphatic rings. The predicted octanol–water partition coefficient (Wildman–Crippen LogP) is 3.57. The van der Waals surface area contributed by atoms with Crippen molar-refractivity contribution in [2.45, 2.75) is 20.0 Å². The van der Waals surface area contributed by atoms with Crippen LogP contribution in [-0.2, 0) is 13.1 Å². The summed E-state index contributed by atoms with van der Waals surface area (Å²) >= 11 is 0. The maximum atomic E-state index is 13.2. The first kappa shape index (κ1) is 16.8. The lowest BCUT2D eigenvalue weighted by Crippen LogP contribution is -2.39. The van der Waals surface area contributed by atoms with E-state index in [-0.39, 0.29) is 11.8 Å². The van der Waals surface area contributed by atoms with Gasteiger partial charge in [0.25, 0.3) is 0 Å². The number of nitrogens with one attached hydrogen (secondary N) is 1. The van der Waals surface area contributed by atoms with Gasteiger partial charge in [0.15, 0.2) is 0 Å². The zero-order valence-corrected chi connectivity index (χ0v) is 13.4. The van der Waals surface area contributed by atoms with E-state index in [2.05, 4.69) is 5.32 Å². The largest absolute Gasteiger partial charge is 0.496 e. The summed E-state index contributed by atoms with van der Waals surface area (Å²) in [4.78, 5) is 13.9. The summed E-state index contributed by atoms with van der Waals surface area (Å²) in [6.07, 6.45) is 0. The van der Waals surface area contributed by atoms with Gasteiger partial charge in [0, 0.05) is 25.2 Å². The van der Waals surface area contributed by atoms with Crippen molar-refractivity contribution in [2.24, 2.45) is 0 Å². The van der Waals surface area contributed by atoms with E-state index in [9.17, 15) is 9.18 Å². The Morgan fingerprint density at radius 1 is 1.22 bits per heavy atom. The monoisotopic (exact) mass is 316 g/mol. The third-order valence-electron chi connectivity index (χ3n) is 3.55. The number of rotatable bonds is 6. The zero-order valence-electron chi connectivity index (χ0n) is 13.4. The lowest BCUT2D eigenvalue weighted by molar-refractivity contribution is 0.197. The van der Waals surface area contributed by atoms with Gasteiger partial charge < -0.3 is 15.0 Å². The number of urea groups is 1. The molecule has 23 heavy (non-hydrogen) atoms. The Labute approximate surface area is 135 Å². The van der Waals surface area contributed by atoms with E-state index in [4.69, 9.17) is 4.74 Å². The molecule has 0 saturated heterocycles. The molecular weight excluding hydrogens is 295 g/mol. The topological polar surface area (TPSA) is 41.6 Å². The van der Waals surface area contributed by atoms with Crippen LogP contribution in [0, 0.1) is 5.82 Å². The minimum absolute atomic E-state index is 0.192. The van der Waals surface area contributed by atoms with Crippen LogP contribution in [0.15, 0.2) is 48.5 Å². The Balaban J connectivity index is 1.97. The van der Waals surface area contributed by atoms with E-state index < -0.39 is 0 Å². The van der Waals surface area contributed by atoms with Crippen molar-refractivity contribution in [1.82, 2.24) is 10.2 Å². The van der Waals surface area contributed by atoms with Crippen LogP contribution in [0.3, 0.4) is 0 Å². The van der Waals surface area contributed by atoms with E-state index in [0.29, 0.717) is 19.6 Å². The molecule has 0 fully saturated rings. The average molecular weight is 316 g/mol. The van der Waals surface area contributed by atoms with Crippen LogP contribution in [-0.4, -0.2) is 24.6 Å². The first-order chi connectivity index (χ1) is 11.1. The average Bonchev–Trinajstić information content (AvgIpc) is 2.57. The SMILES string of the molecule is CCN(Cc1cccc(F)c1)C(=O)NCc1ccccc1OC. The van der Waals surface area contributed by atoms with E-state index in [1.165, 1.54) is 12.1 Å². The number of amides is 2. The first-order valence-corrected chi connectivity index (χ1v) is 7.53. The van der Waals surface area contributed by atoms with Gasteiger partial charge >= 0.3 is 6.03 Å². The van der Waals surface area contributed by atoms with Crippen molar-refractivity contribution in [1.29, 1.82) is 0 Å². The van der Waals surface area contributed by atoms with Crippen LogP contribution in [0.4, 0.5) is 9.18 Å². The Kier molecular flexibility index (Phi) is 5.97. The molecule has 0 atom stereocenters. The number of nitrogens with zero attached hydrogens (tertiary/aromatic N) is 1. The highest BCUT2D eigenvalue weighted by atomic mass is 19.1. The number of hydrogen-bond donors (Lipinski definition) is 1. The highest BCUT2D eigenvalue weighted by Gasteiger charge is 2.13. The van der Waals surface area contributed by atoms with Crippen LogP contribution >= 0.6 is 0 Å². The van der Waals surface area contributed by atoms with E-state index in [1.54, 1.807) is 24.1 Å². The maximum absolute atomic E-state index is 13.2. The number of methoxy groups -OCH3 is 1. The van der Waals surface area contributed by atoms with Crippen molar-refractivity contribution < 1.29 is 13.9 Å². The molecule has 5 heteroatoms. The molecule has 0 radical (unpaired) electrons. The second-order valence-electron chi connectivity index (χ2n) is 5.11. The van der Waals surface area contributed by atoms with Gasteiger partial charge in [-0.2, -0.15) is 0 Å². The number of hydrogen-bond acceptors (Lipinski definition) is 2. The number of para-hydroxylation sites is 1. The Morgan fingerprint density at radius 3 is 2.70 bits per heavy atom. The maximum Gasteiger partial charge on any atom is 0.317 e. The smallest absolute Gasteiger partial charge is 0.317 e. The molecular formula is C18H21FN2O2. The molecule has 0 spiro atoms. The summed E-state index contributed by atoms with van der Waals surface area (Å²) in [6, 6.07) is 13.6. The molecule has 2 aromatic carbocycles. The van der Waals surface area contributed by atoms with E-state index >= 15 is 0 Å². The second-order valence-corrected chi connectivity index (χ2v) is 5.11. The van der Waals surface area contributed by atoms with Crippen LogP contribution < -0.4 is 10.1 Å². The second kappa shape index (κ2) is 8.17. The normalized spacial score (nSPS) is 10.2. The van der Waals surface area contributed by atoms with Crippen LogP contribution in [0.2, 0.25) is 0 Å². The highest BCUT2D eigenvalue weighted by molar-refractivity contribution is 5.74. The molecule has 2 rings (SSSR count). The van der Waals surface area contributed by atoms with Crippen molar-refractivity contribution in [3.63, 3.8) is 0 Å². The van der Waals surface area contributed by atoms with Gasteiger partial charge in [-0.25, -0.2) is 9.18 Å². The van der Waals surface area contributed by atoms with Crippen molar-refractivity contribution in [3.8, 4) is 5.75 Å². The molecule has 122 valence electrons. The van der Waals surface area contributed by atoms with Gasteiger partial charge in [-0.1, -0.05) is 30.3 Å². The van der Waals surface area contributed by atoms with Crippen LogP contribution in [0.25, 0.3) is 0 Å². The van der Waals surface area contributed by atoms with Crippen LogP contribution in [0.5, 0.6) is 5.75 Å². The minimum Gasteiger partial charge on any atom is -0.496 e. The number of ether oxygens (including phenoxy) is 1. The number of carbonyl (C=O) groups excluding carboxylic acids is 1. The fraction of sp³-hybridized carbons (Fsp3) is 0.278. The summed E-state index contributed by atoms with van der Waals surface area (Å²) in [5, 5.41) is 2.87. The molecule has 4 nitrogen and oxygen atoms in total. The molecule has 0 unspecified atom stereocenters. The fourth-order valence-corrected chi connectivity index (χ4v) is 2.31. The molecule has 2 amide bonds. The lowest BCUT2D eigenvalue weighted by atomic mass is 10.2. The molecule has 0 aliphatic heterocycles. The number of carbonyl (C=O) groups is 1. The summed E-state index contributed by atoms with van der Waals surface area (Å²) in [5.74, 6) is 0.439. The van der Waals surface area contributed by atoms with E-state index in [1.807, 2.05) is 31.2 Å². The van der Waals surface area contributed by atoms with E-state index in [0.717, 1.165) is 16.9 Å². The van der Waals surface area contributed by atoms with Gasteiger partial charge in [0.1, 0.15) is 11.6 Å². The van der Waals surface area contributed by atoms with Crippen molar-refractivity contribution >= 4 is 6.03 Å². The van der Waals surface area contributed by atoms with Gasteiger partial charge in [-0.3, -0.25) is 0 Å². The summed E-state index contributed by atoms with van der Waals surface area (Å²) < 4.78 is 18.5. The third kappa shape index (κ3) is 4.71. The summed E-state index contributed by atoms with van der Waals surface area (Å²) in [7, 11) is 1.60. The number of benzene rings is 2. The molecule has 0 saturated carbocycles. The van der Waals surface area contributed by atoms with Gasteiger partial charge in [0.2, 0.25) is 0 Å². The first-order valence-electron chi connectivity index (χ1n) is 7.53. The Morgan fingerprint density at radius 2 is 2.00 bits per heavy atom. The van der Waals surface area contributed by atoms with Gasteiger partial charge in [0.05, 0.1) is 7.11 Å².